The number of halogens is 1. The smallest absolute Gasteiger partial charge is 0.278 e. The first-order valence-electron chi connectivity index (χ1n) is 22.0. The third kappa shape index (κ3) is 9.14. The molecular weight excluding hydrogens is 838 g/mol. The van der Waals surface area contributed by atoms with Crippen LogP contribution in [0.1, 0.15) is 81.8 Å². The number of nitriles is 1. The van der Waals surface area contributed by atoms with Crippen molar-refractivity contribution in [3.05, 3.63) is 87.2 Å². The minimum absolute atomic E-state index is 0.103. The highest BCUT2D eigenvalue weighted by Gasteiger charge is 2.64. The van der Waals surface area contributed by atoms with Crippen molar-refractivity contribution in [3.63, 3.8) is 0 Å². The number of carbonyl (C=O) groups is 4. The van der Waals surface area contributed by atoms with Gasteiger partial charge in [-0.15, -0.1) is 5.10 Å². The van der Waals surface area contributed by atoms with Crippen LogP contribution >= 0.6 is 11.6 Å². The highest BCUT2D eigenvalue weighted by atomic mass is 35.5. The monoisotopic (exact) mass is 891 g/mol. The summed E-state index contributed by atoms with van der Waals surface area (Å²) in [7, 11) is 0. The molecule has 1 saturated carbocycles. The number of rotatable bonds is 12. The van der Waals surface area contributed by atoms with Gasteiger partial charge in [-0.2, -0.15) is 9.94 Å². The molecule has 16 nitrogen and oxygen atoms in total. The van der Waals surface area contributed by atoms with Gasteiger partial charge in [0.25, 0.3) is 23.3 Å². The summed E-state index contributed by atoms with van der Waals surface area (Å²) >= 11 is 6.25. The summed E-state index contributed by atoms with van der Waals surface area (Å²) in [5.41, 5.74) is 1.20. The molecule has 1 aliphatic carbocycles. The van der Waals surface area contributed by atoms with Crippen LogP contribution < -0.4 is 30.6 Å². The molecule has 3 aromatic carbocycles. The van der Waals surface area contributed by atoms with Gasteiger partial charge in [-0.05, 0) is 92.7 Å². The molecule has 0 radical (unpaired) electrons. The second-order valence-corrected chi connectivity index (χ2v) is 19.0. The van der Waals surface area contributed by atoms with Gasteiger partial charge in [-0.1, -0.05) is 44.5 Å². The Bertz CT molecular complexity index is 2520. The molecule has 17 heteroatoms. The Morgan fingerprint density at radius 2 is 1.61 bits per heavy atom. The predicted molar refractivity (Wildman–Crippen MR) is 239 cm³/mol. The number of nitrogens with zero attached hydrogens (tertiary/aromatic N) is 7. The molecule has 1 unspecified atom stereocenters. The van der Waals surface area contributed by atoms with E-state index >= 15 is 0 Å². The maximum absolute atomic E-state index is 13.5. The molecule has 1 aromatic heterocycles. The van der Waals surface area contributed by atoms with Gasteiger partial charge in [-0.3, -0.25) is 34.2 Å². The van der Waals surface area contributed by atoms with E-state index in [-0.39, 0.29) is 65.5 Å². The zero-order valence-electron chi connectivity index (χ0n) is 36.6. The molecule has 4 amide bonds. The number of hydrogen-bond donors (Lipinski definition) is 2. The van der Waals surface area contributed by atoms with Crippen molar-refractivity contribution < 1.29 is 28.7 Å². The third-order valence-corrected chi connectivity index (χ3v) is 14.0. The number of amides is 4. The predicted octanol–water partition coefficient (Wildman–Crippen LogP) is 4.74. The van der Waals surface area contributed by atoms with Crippen LogP contribution in [0, 0.1) is 28.1 Å². The molecule has 2 N–H and O–H groups in total. The van der Waals surface area contributed by atoms with E-state index in [9.17, 15) is 29.2 Å². The van der Waals surface area contributed by atoms with Crippen molar-refractivity contribution in [2.75, 3.05) is 57.3 Å². The SMILES string of the molecule is CC1(C)C(NC(=O)c2ccc(N3CCN(CCC4CCN(C(=O)COc5ccc6nnn(C7CCC(=O)NC7=O)c(=O)c6c5)CC4)CC3)cc2)C(C)(C)C1Oc1ccc(C#N)c(Cl)c1. The Labute approximate surface area is 376 Å². The van der Waals surface area contributed by atoms with Crippen LogP contribution in [0.5, 0.6) is 11.5 Å². The van der Waals surface area contributed by atoms with E-state index in [0.717, 1.165) is 62.4 Å². The molecule has 0 spiro atoms. The lowest BCUT2D eigenvalue weighted by Crippen LogP contribution is -2.74. The van der Waals surface area contributed by atoms with E-state index in [1.54, 1.807) is 30.3 Å². The molecule has 64 heavy (non-hydrogen) atoms. The van der Waals surface area contributed by atoms with Gasteiger partial charge < -0.3 is 24.6 Å². The Morgan fingerprint density at radius 1 is 0.906 bits per heavy atom. The van der Waals surface area contributed by atoms with Gasteiger partial charge in [-0.25, -0.2) is 0 Å². The zero-order valence-corrected chi connectivity index (χ0v) is 37.4. The number of nitrogens with one attached hydrogen (secondary N) is 2. The normalized spacial score (nSPS) is 22.3. The van der Waals surface area contributed by atoms with Crippen LogP contribution in [0.15, 0.2) is 65.5 Å². The number of piperazine rings is 1. The first-order chi connectivity index (χ1) is 30.6. The van der Waals surface area contributed by atoms with E-state index in [4.69, 9.17) is 21.1 Å². The summed E-state index contributed by atoms with van der Waals surface area (Å²) < 4.78 is 13.2. The van der Waals surface area contributed by atoms with Gasteiger partial charge in [0.15, 0.2) is 6.61 Å². The summed E-state index contributed by atoms with van der Waals surface area (Å²) in [4.78, 5) is 70.5. The van der Waals surface area contributed by atoms with Crippen LogP contribution in [-0.4, -0.2) is 113 Å². The maximum Gasteiger partial charge on any atom is 0.278 e. The number of piperidine rings is 2. The topological polar surface area (TPSA) is 192 Å². The third-order valence-electron chi connectivity index (χ3n) is 13.6. The summed E-state index contributed by atoms with van der Waals surface area (Å²) in [6.45, 7) is 14.2. The highest BCUT2D eigenvalue weighted by Crippen LogP contribution is 2.55. The molecular formula is C47H54ClN9O7. The number of imide groups is 1. The fraction of sp³-hybridized carbons (Fsp3) is 0.489. The lowest BCUT2D eigenvalue weighted by atomic mass is 9.49. The number of benzene rings is 3. The molecule has 3 aliphatic heterocycles. The Hall–Kier alpha value is -6.05. The minimum Gasteiger partial charge on any atom is -0.489 e. The van der Waals surface area contributed by atoms with E-state index in [2.05, 4.69) is 64.5 Å². The Morgan fingerprint density at radius 3 is 2.28 bits per heavy atom. The largest absolute Gasteiger partial charge is 0.489 e. The molecule has 4 fully saturated rings. The second-order valence-electron chi connectivity index (χ2n) is 18.6. The molecule has 1 atom stereocenters. The van der Waals surface area contributed by atoms with Crippen LogP contribution in [0.2, 0.25) is 5.02 Å². The fourth-order valence-corrected chi connectivity index (χ4v) is 10.4. The van der Waals surface area contributed by atoms with Crippen LogP contribution in [0.4, 0.5) is 5.69 Å². The number of anilines is 1. The summed E-state index contributed by atoms with van der Waals surface area (Å²) in [6.07, 6.45) is 3.01. The number of carbonyl (C=O) groups excluding carboxylic acids is 4. The van der Waals surface area contributed by atoms with Crippen molar-refractivity contribution in [2.45, 2.75) is 78.0 Å². The molecule has 4 aliphatic rings. The van der Waals surface area contributed by atoms with Crippen LogP contribution in [0.25, 0.3) is 10.9 Å². The number of hydrogen-bond acceptors (Lipinski definition) is 12. The molecule has 8 rings (SSSR count). The number of ether oxygens (including phenoxy) is 2. The minimum atomic E-state index is -0.929. The van der Waals surface area contributed by atoms with E-state index in [1.165, 1.54) is 6.07 Å². The van der Waals surface area contributed by atoms with Crippen molar-refractivity contribution in [1.29, 1.82) is 5.26 Å². The van der Waals surface area contributed by atoms with Crippen LogP contribution in [-0.2, 0) is 14.4 Å². The van der Waals surface area contributed by atoms with Gasteiger partial charge >= 0.3 is 0 Å². The number of likely N-dealkylation sites (tertiary alicyclic amines) is 1. The summed E-state index contributed by atoms with van der Waals surface area (Å²) in [5.74, 6) is 0.250. The molecule has 4 heterocycles. The number of aromatic nitrogens is 3. The first-order valence-corrected chi connectivity index (χ1v) is 22.4. The Balaban J connectivity index is 0.744. The standard InChI is InChI=1S/C47H54ClN9O7/c1-46(2)44(47(3,4)45(46)64-34-10-7-31(27-49)36(48)26-34)51-41(60)30-5-8-32(9-6-30)55-23-21-54(22-24-55)18-15-29-16-19-56(20-17-29)40(59)28-63-33-11-12-37-35(25-33)43(62)57(53-52-37)38-13-14-39(58)50-42(38)61/h5-12,25-26,29,38,44-45H,13-24,28H2,1-4H3,(H,51,60)(H,50,58,61). The van der Waals surface area contributed by atoms with Crippen molar-refractivity contribution in [3.8, 4) is 17.6 Å². The van der Waals surface area contributed by atoms with Gasteiger partial charge in [0, 0.05) is 79.9 Å². The fourth-order valence-electron chi connectivity index (χ4n) is 10.2. The lowest BCUT2D eigenvalue weighted by Gasteiger charge is -2.63. The van der Waals surface area contributed by atoms with E-state index in [0.29, 0.717) is 52.2 Å². The maximum atomic E-state index is 13.5. The van der Waals surface area contributed by atoms with Crippen molar-refractivity contribution in [1.82, 2.24) is 35.4 Å². The van der Waals surface area contributed by atoms with E-state index < -0.39 is 17.5 Å². The first kappa shape index (κ1) is 44.6. The Kier molecular flexibility index (Phi) is 12.7. The lowest BCUT2D eigenvalue weighted by molar-refractivity contribution is -0.164. The average Bonchev–Trinajstić information content (AvgIpc) is 3.29. The highest BCUT2D eigenvalue weighted by molar-refractivity contribution is 6.31. The van der Waals surface area contributed by atoms with Crippen molar-refractivity contribution in [2.24, 2.45) is 16.7 Å². The molecule has 336 valence electrons. The quantitative estimate of drug-likeness (QED) is 0.186. The van der Waals surface area contributed by atoms with Crippen molar-refractivity contribution >= 4 is 51.8 Å². The van der Waals surface area contributed by atoms with Gasteiger partial charge in [0.1, 0.15) is 35.2 Å². The van der Waals surface area contributed by atoms with E-state index in [1.807, 2.05) is 29.2 Å². The molecule has 3 saturated heterocycles. The molecule has 0 bridgehead atoms. The van der Waals surface area contributed by atoms with Gasteiger partial charge in [0.05, 0.1) is 16.0 Å². The molecule has 4 aromatic rings. The second kappa shape index (κ2) is 18.2. The van der Waals surface area contributed by atoms with Gasteiger partial charge in [0.2, 0.25) is 5.91 Å². The summed E-state index contributed by atoms with van der Waals surface area (Å²) in [6, 6.07) is 18.7. The zero-order chi connectivity index (χ0) is 45.3. The van der Waals surface area contributed by atoms with Crippen LogP contribution in [0.3, 0.4) is 0 Å². The summed E-state index contributed by atoms with van der Waals surface area (Å²) in [5, 5.41) is 23.3. The number of fused-ring (bicyclic) bond motifs is 1. The average molecular weight is 892 g/mol.